The molecule has 0 saturated carbocycles. The molecule has 0 bridgehead atoms. The normalized spacial score (nSPS) is 12.6. The van der Waals surface area contributed by atoms with Crippen LogP contribution in [-0.4, -0.2) is 5.11 Å². The van der Waals surface area contributed by atoms with Gasteiger partial charge in [0.25, 0.3) is 0 Å². The third-order valence-corrected chi connectivity index (χ3v) is 1.98. The van der Waals surface area contributed by atoms with Gasteiger partial charge in [-0.3, -0.25) is 0 Å². The molecule has 0 amide bonds. The van der Waals surface area contributed by atoms with Crippen LogP contribution in [0.2, 0.25) is 0 Å². The number of nitrogens with zero attached hydrogens (tertiary/aromatic N) is 1. The molecule has 0 aromatic heterocycles. The van der Waals surface area contributed by atoms with E-state index >= 15 is 0 Å². The van der Waals surface area contributed by atoms with Crippen molar-refractivity contribution in [3.05, 3.63) is 48.0 Å². The maximum Gasteiger partial charge on any atom is 0.0908 e. The summed E-state index contributed by atoms with van der Waals surface area (Å²) in [6, 6.07) is 11.5. The second kappa shape index (κ2) is 5.95. The van der Waals surface area contributed by atoms with E-state index in [1.165, 1.54) is 6.08 Å². The molecule has 1 aromatic rings. The Morgan fingerprint density at radius 3 is 2.71 bits per heavy atom. The summed E-state index contributed by atoms with van der Waals surface area (Å²) in [5, 5.41) is 18.0. The average molecular weight is 187 g/mol. The summed E-state index contributed by atoms with van der Waals surface area (Å²) in [6.45, 7) is 0. The van der Waals surface area contributed by atoms with Crippen molar-refractivity contribution in [3.8, 4) is 6.07 Å². The third-order valence-electron chi connectivity index (χ3n) is 1.98. The van der Waals surface area contributed by atoms with E-state index < -0.39 is 6.10 Å². The molecular formula is C12H13NO. The minimum atomic E-state index is -0.431. The zero-order valence-corrected chi connectivity index (χ0v) is 7.93. The van der Waals surface area contributed by atoms with Crippen molar-refractivity contribution in [2.45, 2.75) is 18.9 Å². The van der Waals surface area contributed by atoms with Gasteiger partial charge >= 0.3 is 0 Å². The van der Waals surface area contributed by atoms with Gasteiger partial charge in [0.05, 0.1) is 12.2 Å². The van der Waals surface area contributed by atoms with Crippen molar-refractivity contribution in [2.24, 2.45) is 0 Å². The number of aliphatic hydroxyl groups is 1. The molecule has 0 saturated heterocycles. The zero-order valence-electron chi connectivity index (χ0n) is 7.93. The first-order valence-electron chi connectivity index (χ1n) is 4.62. The maximum atomic E-state index is 9.70. The second-order valence-corrected chi connectivity index (χ2v) is 3.04. The molecular weight excluding hydrogens is 174 g/mol. The lowest BCUT2D eigenvalue weighted by Gasteiger charge is -2.08. The Bertz CT molecular complexity index is 324. The largest absolute Gasteiger partial charge is 0.388 e. The summed E-state index contributed by atoms with van der Waals surface area (Å²) in [5.74, 6) is 0. The van der Waals surface area contributed by atoms with Crippen LogP contribution in [0.5, 0.6) is 0 Å². The van der Waals surface area contributed by atoms with E-state index in [4.69, 9.17) is 5.26 Å². The van der Waals surface area contributed by atoms with Crippen molar-refractivity contribution in [3.63, 3.8) is 0 Å². The first-order chi connectivity index (χ1) is 6.84. The summed E-state index contributed by atoms with van der Waals surface area (Å²) in [5.41, 5.74) is 0.929. The molecule has 2 nitrogen and oxygen atoms in total. The van der Waals surface area contributed by atoms with Crippen LogP contribution in [-0.2, 0) is 0 Å². The highest BCUT2D eigenvalue weighted by Gasteiger charge is 2.04. The molecule has 0 radical (unpaired) electrons. The van der Waals surface area contributed by atoms with Gasteiger partial charge in [0, 0.05) is 6.08 Å². The van der Waals surface area contributed by atoms with E-state index in [1.807, 2.05) is 36.4 Å². The molecule has 14 heavy (non-hydrogen) atoms. The van der Waals surface area contributed by atoms with Gasteiger partial charge in [-0.05, 0) is 18.4 Å². The smallest absolute Gasteiger partial charge is 0.0908 e. The maximum absolute atomic E-state index is 9.70. The van der Waals surface area contributed by atoms with Crippen LogP contribution in [0.15, 0.2) is 42.5 Å². The number of hydrogen-bond acceptors (Lipinski definition) is 2. The van der Waals surface area contributed by atoms with Crippen molar-refractivity contribution in [2.75, 3.05) is 0 Å². The highest BCUT2D eigenvalue weighted by molar-refractivity contribution is 5.17. The van der Waals surface area contributed by atoms with Crippen molar-refractivity contribution >= 4 is 0 Å². The molecule has 1 rings (SSSR count). The summed E-state index contributed by atoms with van der Waals surface area (Å²) < 4.78 is 0. The monoisotopic (exact) mass is 187 g/mol. The minimum absolute atomic E-state index is 0.431. The van der Waals surface area contributed by atoms with E-state index in [-0.39, 0.29) is 0 Å². The van der Waals surface area contributed by atoms with E-state index in [2.05, 4.69) is 0 Å². The van der Waals surface area contributed by atoms with E-state index in [0.29, 0.717) is 6.42 Å². The quantitative estimate of drug-likeness (QED) is 0.736. The number of aliphatic hydroxyl groups excluding tert-OH is 1. The van der Waals surface area contributed by atoms with Gasteiger partial charge in [0.15, 0.2) is 0 Å². The van der Waals surface area contributed by atoms with Crippen molar-refractivity contribution < 1.29 is 5.11 Å². The highest BCUT2D eigenvalue weighted by Crippen LogP contribution is 2.17. The second-order valence-electron chi connectivity index (χ2n) is 3.04. The Kier molecular flexibility index (Phi) is 4.46. The number of benzene rings is 1. The lowest BCUT2D eigenvalue weighted by molar-refractivity contribution is 0.169. The van der Waals surface area contributed by atoms with E-state index in [9.17, 15) is 5.11 Å². The molecule has 1 N–H and O–H groups in total. The lowest BCUT2D eigenvalue weighted by atomic mass is 10.1. The summed E-state index contributed by atoms with van der Waals surface area (Å²) in [4.78, 5) is 0. The van der Waals surface area contributed by atoms with Crippen LogP contribution in [0.1, 0.15) is 24.5 Å². The molecule has 0 aliphatic rings. The molecule has 72 valence electrons. The molecule has 1 atom stereocenters. The topological polar surface area (TPSA) is 44.0 Å². The Morgan fingerprint density at radius 2 is 2.07 bits per heavy atom. The predicted octanol–water partition coefficient (Wildman–Crippen LogP) is 2.58. The summed E-state index contributed by atoms with van der Waals surface area (Å²) in [7, 11) is 0. The molecule has 0 aliphatic carbocycles. The highest BCUT2D eigenvalue weighted by atomic mass is 16.3. The molecule has 2 heteroatoms. The fourth-order valence-electron chi connectivity index (χ4n) is 1.23. The van der Waals surface area contributed by atoms with E-state index in [1.54, 1.807) is 6.08 Å². The van der Waals surface area contributed by atoms with Crippen LogP contribution in [0.3, 0.4) is 0 Å². The Morgan fingerprint density at radius 1 is 1.36 bits per heavy atom. The van der Waals surface area contributed by atoms with Gasteiger partial charge < -0.3 is 5.11 Å². The van der Waals surface area contributed by atoms with E-state index in [0.717, 1.165) is 12.0 Å². The Hall–Kier alpha value is -1.59. The molecule has 0 aliphatic heterocycles. The standard InChI is InChI=1S/C12H13NO/c13-10-6-2-5-9-12(14)11-7-3-1-4-8-11/h1-4,6-8,12,14H,5,9H2/b6-2+/t12-/m1/s1. The van der Waals surface area contributed by atoms with Gasteiger partial charge in [-0.1, -0.05) is 36.4 Å². The first kappa shape index (κ1) is 10.5. The van der Waals surface area contributed by atoms with Gasteiger partial charge in [0.1, 0.15) is 0 Å². The van der Waals surface area contributed by atoms with Gasteiger partial charge in [-0.15, -0.1) is 0 Å². The minimum Gasteiger partial charge on any atom is -0.388 e. The van der Waals surface area contributed by atoms with Crippen LogP contribution < -0.4 is 0 Å². The van der Waals surface area contributed by atoms with Crippen molar-refractivity contribution in [1.82, 2.24) is 0 Å². The summed E-state index contributed by atoms with van der Waals surface area (Å²) in [6.07, 6.45) is 4.16. The molecule has 0 spiro atoms. The lowest BCUT2D eigenvalue weighted by Crippen LogP contribution is -1.95. The van der Waals surface area contributed by atoms with Crippen LogP contribution in [0.25, 0.3) is 0 Å². The van der Waals surface area contributed by atoms with Crippen molar-refractivity contribution in [1.29, 1.82) is 5.26 Å². The van der Waals surface area contributed by atoms with Crippen LogP contribution in [0, 0.1) is 11.3 Å². The number of allylic oxidation sites excluding steroid dienone is 2. The first-order valence-corrected chi connectivity index (χ1v) is 4.62. The number of nitriles is 1. The van der Waals surface area contributed by atoms with Crippen LogP contribution in [0.4, 0.5) is 0 Å². The Labute approximate surface area is 84.1 Å². The fourth-order valence-corrected chi connectivity index (χ4v) is 1.23. The molecule has 1 aromatic carbocycles. The average Bonchev–Trinajstić information content (AvgIpc) is 2.25. The van der Waals surface area contributed by atoms with Gasteiger partial charge in [-0.2, -0.15) is 5.26 Å². The zero-order chi connectivity index (χ0) is 10.2. The van der Waals surface area contributed by atoms with Crippen LogP contribution >= 0.6 is 0 Å². The predicted molar refractivity (Wildman–Crippen MR) is 55.4 cm³/mol. The van der Waals surface area contributed by atoms with Gasteiger partial charge in [0.2, 0.25) is 0 Å². The molecule has 0 fully saturated rings. The fraction of sp³-hybridized carbons (Fsp3) is 0.250. The third kappa shape index (κ3) is 3.42. The molecule has 0 heterocycles. The summed E-state index contributed by atoms with van der Waals surface area (Å²) >= 11 is 0. The molecule has 0 unspecified atom stereocenters. The number of rotatable bonds is 4. The SMILES string of the molecule is N#C/C=C/CC[C@@H](O)c1ccccc1. The Balaban J connectivity index is 2.40. The van der Waals surface area contributed by atoms with Gasteiger partial charge in [-0.25, -0.2) is 0 Å². The number of hydrogen-bond donors (Lipinski definition) is 1.